The van der Waals surface area contributed by atoms with Crippen molar-refractivity contribution in [1.82, 2.24) is 20.2 Å². The maximum Gasteiger partial charge on any atom is 0.407 e. The molecule has 1 aromatic rings. The van der Waals surface area contributed by atoms with Gasteiger partial charge < -0.3 is 24.7 Å². The number of aryl methyl sites for hydroxylation is 1. The highest BCUT2D eigenvalue weighted by Crippen LogP contribution is 2.31. The molecule has 24 heavy (non-hydrogen) atoms. The Bertz CT molecular complexity index is 574. The first kappa shape index (κ1) is 18.3. The van der Waals surface area contributed by atoms with E-state index in [9.17, 15) is 9.59 Å². The van der Waals surface area contributed by atoms with Gasteiger partial charge in [-0.3, -0.25) is 4.79 Å². The Morgan fingerprint density at radius 2 is 2.25 bits per heavy atom. The lowest BCUT2D eigenvalue weighted by atomic mass is 10.1. The van der Waals surface area contributed by atoms with Crippen LogP contribution in [0.2, 0.25) is 0 Å². The summed E-state index contributed by atoms with van der Waals surface area (Å²) in [4.78, 5) is 34.0. The summed E-state index contributed by atoms with van der Waals surface area (Å²) in [6.45, 7) is 4.42. The van der Waals surface area contributed by atoms with Crippen LogP contribution in [0.3, 0.4) is 0 Å². The fraction of sp³-hybridized carbons (Fsp3) is 0.688. The number of methoxy groups -OCH3 is 2. The molecule has 8 heteroatoms. The quantitative estimate of drug-likeness (QED) is 0.817. The van der Waals surface area contributed by atoms with Gasteiger partial charge in [0.05, 0.1) is 19.3 Å². The molecule has 1 aliphatic rings. The van der Waals surface area contributed by atoms with E-state index in [-0.39, 0.29) is 11.9 Å². The molecule has 2 rings (SSSR count). The van der Waals surface area contributed by atoms with Crippen LogP contribution in [0.5, 0.6) is 0 Å². The summed E-state index contributed by atoms with van der Waals surface area (Å²) in [5, 5.41) is 2.57. The molecule has 2 heterocycles. The fourth-order valence-electron chi connectivity index (χ4n) is 2.92. The number of ether oxygens (including phenoxy) is 2. The highest BCUT2D eigenvalue weighted by Gasteiger charge is 2.38. The van der Waals surface area contributed by atoms with E-state index in [4.69, 9.17) is 4.74 Å². The van der Waals surface area contributed by atoms with Crippen LogP contribution in [-0.4, -0.2) is 59.8 Å². The molecule has 0 unspecified atom stereocenters. The van der Waals surface area contributed by atoms with E-state index in [1.54, 1.807) is 18.0 Å². The number of aromatic amines is 1. The highest BCUT2D eigenvalue weighted by molar-refractivity contribution is 5.86. The number of hydrogen-bond acceptors (Lipinski definition) is 5. The number of rotatable bonds is 6. The van der Waals surface area contributed by atoms with Crippen LogP contribution < -0.4 is 5.32 Å². The van der Waals surface area contributed by atoms with Gasteiger partial charge in [0, 0.05) is 25.5 Å². The minimum atomic E-state index is -0.802. The van der Waals surface area contributed by atoms with Gasteiger partial charge in [-0.05, 0) is 26.2 Å². The van der Waals surface area contributed by atoms with E-state index in [1.165, 1.54) is 14.2 Å². The molecule has 0 bridgehead atoms. The summed E-state index contributed by atoms with van der Waals surface area (Å²) >= 11 is 0. The number of carbonyl (C=O) groups is 2. The smallest absolute Gasteiger partial charge is 0.407 e. The average molecular weight is 338 g/mol. The SMILES string of the molecule is CCc1cnc([C@@H]2CCCN2C(=O)[C@@H](NC(=O)OC)[C@@H](C)OC)[nH]1. The van der Waals surface area contributed by atoms with E-state index < -0.39 is 18.2 Å². The molecule has 1 fully saturated rings. The van der Waals surface area contributed by atoms with E-state index in [0.29, 0.717) is 6.54 Å². The molecule has 134 valence electrons. The van der Waals surface area contributed by atoms with Gasteiger partial charge >= 0.3 is 6.09 Å². The Balaban J connectivity index is 2.18. The molecular weight excluding hydrogens is 312 g/mol. The van der Waals surface area contributed by atoms with Crippen molar-refractivity contribution in [2.45, 2.75) is 51.3 Å². The summed E-state index contributed by atoms with van der Waals surface area (Å²) in [5.74, 6) is 0.603. The molecule has 0 spiro atoms. The van der Waals surface area contributed by atoms with Gasteiger partial charge in [0.25, 0.3) is 0 Å². The van der Waals surface area contributed by atoms with Gasteiger partial charge in [0.1, 0.15) is 11.9 Å². The van der Waals surface area contributed by atoms with Crippen LogP contribution in [0, 0.1) is 0 Å². The monoisotopic (exact) mass is 338 g/mol. The highest BCUT2D eigenvalue weighted by atomic mass is 16.5. The third kappa shape index (κ3) is 3.87. The number of amides is 2. The molecule has 1 aliphatic heterocycles. The number of likely N-dealkylation sites (tertiary alicyclic amines) is 1. The van der Waals surface area contributed by atoms with Crippen molar-refractivity contribution >= 4 is 12.0 Å². The number of carbonyl (C=O) groups excluding carboxylic acids is 2. The largest absolute Gasteiger partial charge is 0.453 e. The number of nitrogens with zero attached hydrogens (tertiary/aromatic N) is 2. The molecule has 0 aromatic carbocycles. The third-order valence-electron chi connectivity index (χ3n) is 4.45. The lowest BCUT2D eigenvalue weighted by Gasteiger charge is -2.30. The Hall–Kier alpha value is -2.09. The molecular formula is C16H26N4O4. The molecule has 3 atom stereocenters. The van der Waals surface area contributed by atoms with Gasteiger partial charge in [0.15, 0.2) is 0 Å². The predicted octanol–water partition coefficient (Wildman–Crippen LogP) is 1.40. The maximum absolute atomic E-state index is 13.0. The van der Waals surface area contributed by atoms with E-state index in [1.807, 2.05) is 6.92 Å². The predicted molar refractivity (Wildman–Crippen MR) is 87.5 cm³/mol. The zero-order valence-corrected chi connectivity index (χ0v) is 14.7. The van der Waals surface area contributed by atoms with Gasteiger partial charge in [0.2, 0.25) is 5.91 Å². The molecule has 1 aromatic heterocycles. The van der Waals surface area contributed by atoms with Crippen molar-refractivity contribution in [2.24, 2.45) is 0 Å². The molecule has 2 N–H and O–H groups in total. The van der Waals surface area contributed by atoms with Crippen molar-refractivity contribution in [3.05, 3.63) is 17.7 Å². The number of aromatic nitrogens is 2. The first-order valence-electron chi connectivity index (χ1n) is 8.23. The van der Waals surface area contributed by atoms with Gasteiger partial charge in [-0.1, -0.05) is 6.92 Å². The molecule has 1 saturated heterocycles. The van der Waals surface area contributed by atoms with Crippen molar-refractivity contribution < 1.29 is 19.1 Å². The summed E-state index contributed by atoms with van der Waals surface area (Å²) < 4.78 is 9.88. The Labute approximate surface area is 141 Å². The van der Waals surface area contributed by atoms with Crippen LogP contribution in [-0.2, 0) is 20.7 Å². The average Bonchev–Trinajstić information content (AvgIpc) is 3.26. The number of nitrogens with one attached hydrogen (secondary N) is 2. The van der Waals surface area contributed by atoms with Crippen molar-refractivity contribution in [3.63, 3.8) is 0 Å². The lowest BCUT2D eigenvalue weighted by Crippen LogP contribution is -2.54. The van der Waals surface area contributed by atoms with Crippen LogP contribution in [0.1, 0.15) is 44.2 Å². The third-order valence-corrected chi connectivity index (χ3v) is 4.45. The summed E-state index contributed by atoms with van der Waals surface area (Å²) in [7, 11) is 2.77. The standard InChI is InChI=1S/C16H26N4O4/c1-5-11-9-17-14(18-11)12-7-6-8-20(12)15(21)13(10(2)23-3)19-16(22)24-4/h9-10,12-13H,5-8H2,1-4H3,(H,17,18)(H,19,22)/t10-,12+,13+/m1/s1. The fourth-order valence-corrected chi connectivity index (χ4v) is 2.92. The zero-order valence-electron chi connectivity index (χ0n) is 14.7. The van der Waals surface area contributed by atoms with E-state index >= 15 is 0 Å². The number of H-pyrrole nitrogens is 1. The van der Waals surface area contributed by atoms with Crippen LogP contribution in [0.4, 0.5) is 4.79 Å². The minimum absolute atomic E-state index is 0.108. The second kappa shape index (κ2) is 8.14. The molecule has 8 nitrogen and oxygen atoms in total. The molecule has 0 aliphatic carbocycles. The molecule has 0 radical (unpaired) electrons. The lowest BCUT2D eigenvalue weighted by molar-refractivity contribution is -0.137. The Morgan fingerprint density at radius 1 is 1.50 bits per heavy atom. The minimum Gasteiger partial charge on any atom is -0.453 e. The second-order valence-electron chi connectivity index (χ2n) is 5.89. The van der Waals surface area contributed by atoms with Crippen molar-refractivity contribution in [1.29, 1.82) is 0 Å². The molecule has 2 amide bonds. The van der Waals surface area contributed by atoms with Crippen molar-refractivity contribution in [2.75, 3.05) is 20.8 Å². The van der Waals surface area contributed by atoms with Gasteiger partial charge in [-0.2, -0.15) is 0 Å². The number of hydrogen-bond donors (Lipinski definition) is 2. The Morgan fingerprint density at radius 3 is 2.83 bits per heavy atom. The summed E-state index contributed by atoms with van der Waals surface area (Å²) in [5.41, 5.74) is 1.04. The normalized spacial score (nSPS) is 19.8. The summed E-state index contributed by atoms with van der Waals surface area (Å²) in [6, 6.07) is -0.910. The van der Waals surface area contributed by atoms with Gasteiger partial charge in [-0.25, -0.2) is 9.78 Å². The molecule has 0 saturated carbocycles. The van der Waals surface area contributed by atoms with Crippen LogP contribution in [0.25, 0.3) is 0 Å². The topological polar surface area (TPSA) is 96.6 Å². The van der Waals surface area contributed by atoms with Crippen molar-refractivity contribution in [3.8, 4) is 0 Å². The number of imidazole rings is 1. The van der Waals surface area contributed by atoms with Gasteiger partial charge in [-0.15, -0.1) is 0 Å². The summed E-state index contributed by atoms with van der Waals surface area (Å²) in [6.07, 6.45) is 3.28. The van der Waals surface area contributed by atoms with Crippen LogP contribution in [0.15, 0.2) is 6.20 Å². The number of alkyl carbamates (subject to hydrolysis) is 1. The second-order valence-corrected chi connectivity index (χ2v) is 5.89. The maximum atomic E-state index is 13.0. The van der Waals surface area contributed by atoms with E-state index in [2.05, 4.69) is 20.0 Å². The first-order valence-corrected chi connectivity index (χ1v) is 8.23. The van der Waals surface area contributed by atoms with E-state index in [0.717, 1.165) is 30.8 Å². The zero-order chi connectivity index (χ0) is 17.7. The van der Waals surface area contributed by atoms with Crippen LogP contribution >= 0.6 is 0 Å². The first-order chi connectivity index (χ1) is 11.5. The Kier molecular flexibility index (Phi) is 6.19.